The number of nitrogens with one attached hydrogen (secondary N) is 2. The van der Waals surface area contributed by atoms with Gasteiger partial charge in [-0.25, -0.2) is 9.78 Å². The minimum absolute atomic E-state index is 0.0360. The molecule has 1 amide bonds. The van der Waals surface area contributed by atoms with Crippen LogP contribution in [0.5, 0.6) is 0 Å². The van der Waals surface area contributed by atoms with E-state index in [1.165, 1.54) is 4.90 Å². The number of carbonyl (C=O) groups is 1. The van der Waals surface area contributed by atoms with E-state index in [4.69, 9.17) is 28.3 Å². The predicted molar refractivity (Wildman–Crippen MR) is 104 cm³/mol. The second-order valence-corrected chi connectivity index (χ2v) is 6.96. The molecular weight excluding hydrogens is 411 g/mol. The molecule has 12 heteroatoms. The summed E-state index contributed by atoms with van der Waals surface area (Å²) in [4.78, 5) is 31.1. The zero-order valence-electron chi connectivity index (χ0n) is 14.4. The number of rotatable bonds is 6. The second-order valence-electron chi connectivity index (χ2n) is 6.15. The number of aromatic nitrogens is 2. The summed E-state index contributed by atoms with van der Waals surface area (Å²) in [5.41, 5.74) is 0.549. The van der Waals surface area contributed by atoms with Gasteiger partial charge in [-0.1, -0.05) is 29.3 Å². The van der Waals surface area contributed by atoms with Crippen LogP contribution in [0.25, 0.3) is 0 Å². The molecule has 3 N–H and O–H groups in total. The molecule has 0 spiro atoms. The quantitative estimate of drug-likeness (QED) is 0.472. The summed E-state index contributed by atoms with van der Waals surface area (Å²) in [7, 11) is 0. The highest BCUT2D eigenvalue weighted by atomic mass is 35.5. The van der Waals surface area contributed by atoms with Crippen molar-refractivity contribution < 1.29 is 14.8 Å². The average Bonchev–Trinajstić information content (AvgIpc) is 3.11. The molecule has 0 bridgehead atoms. The van der Waals surface area contributed by atoms with E-state index >= 15 is 0 Å². The highest BCUT2D eigenvalue weighted by Crippen LogP contribution is 2.26. The number of benzene rings is 1. The molecule has 1 atom stereocenters. The second kappa shape index (κ2) is 8.44. The van der Waals surface area contributed by atoms with Gasteiger partial charge in [-0.3, -0.25) is 10.1 Å². The zero-order chi connectivity index (χ0) is 20.3. The van der Waals surface area contributed by atoms with E-state index in [1.807, 2.05) is 0 Å². The number of carboxylic acid groups (broad SMARTS) is 1. The minimum Gasteiger partial charge on any atom is -0.465 e. The minimum atomic E-state index is -1.02. The van der Waals surface area contributed by atoms with Gasteiger partial charge in [0.25, 0.3) is 0 Å². The van der Waals surface area contributed by atoms with E-state index in [0.29, 0.717) is 29.6 Å². The van der Waals surface area contributed by atoms with Crippen molar-refractivity contribution in [3.8, 4) is 0 Å². The fourth-order valence-corrected chi connectivity index (χ4v) is 3.10. The van der Waals surface area contributed by atoms with Gasteiger partial charge in [-0.05, 0) is 24.1 Å². The van der Waals surface area contributed by atoms with E-state index in [-0.39, 0.29) is 30.0 Å². The first-order chi connectivity index (χ1) is 13.3. The molecule has 0 aliphatic carbocycles. The van der Waals surface area contributed by atoms with Crippen LogP contribution < -0.4 is 10.6 Å². The molecule has 2 heterocycles. The van der Waals surface area contributed by atoms with Crippen LogP contribution in [0.4, 0.5) is 22.2 Å². The molecule has 0 unspecified atom stereocenters. The van der Waals surface area contributed by atoms with Crippen molar-refractivity contribution in [2.24, 2.45) is 0 Å². The standard InChI is InChI=1S/C16H16Cl2N6O4/c17-11-2-1-9(5-12(11)18)6-19-15-20-7-13(24(27)28)14(22-15)21-10-3-4-23(8-10)16(25)26/h1-2,5,7,10H,3-4,6,8H2,(H,25,26)(H2,19,20,21,22)/t10-/m1/s1. The Kier molecular flexibility index (Phi) is 6.00. The summed E-state index contributed by atoms with van der Waals surface area (Å²) in [5, 5.41) is 27.1. The van der Waals surface area contributed by atoms with Gasteiger partial charge >= 0.3 is 11.8 Å². The Labute approximate surface area is 169 Å². The number of anilines is 2. The number of hydrogen-bond acceptors (Lipinski definition) is 7. The summed E-state index contributed by atoms with van der Waals surface area (Å²) in [6.45, 7) is 0.918. The highest BCUT2D eigenvalue weighted by molar-refractivity contribution is 6.42. The number of nitrogens with zero attached hydrogens (tertiary/aromatic N) is 4. The normalized spacial score (nSPS) is 16.1. The van der Waals surface area contributed by atoms with E-state index in [2.05, 4.69) is 20.6 Å². The summed E-state index contributed by atoms with van der Waals surface area (Å²) in [6.07, 6.45) is 0.612. The monoisotopic (exact) mass is 426 g/mol. The molecule has 0 radical (unpaired) electrons. The Morgan fingerprint density at radius 3 is 2.82 bits per heavy atom. The van der Waals surface area contributed by atoms with Crippen LogP contribution in [0.1, 0.15) is 12.0 Å². The lowest BCUT2D eigenvalue weighted by molar-refractivity contribution is -0.384. The fraction of sp³-hybridized carbons (Fsp3) is 0.312. The smallest absolute Gasteiger partial charge is 0.407 e. The fourth-order valence-electron chi connectivity index (χ4n) is 2.78. The molecular formula is C16H16Cl2N6O4. The number of halogens is 2. The Hall–Kier alpha value is -2.85. The average molecular weight is 427 g/mol. The van der Waals surface area contributed by atoms with Crippen LogP contribution in [0.15, 0.2) is 24.4 Å². The van der Waals surface area contributed by atoms with Crippen LogP contribution >= 0.6 is 23.2 Å². The van der Waals surface area contributed by atoms with Gasteiger partial charge in [-0.15, -0.1) is 0 Å². The van der Waals surface area contributed by atoms with Gasteiger partial charge in [0.1, 0.15) is 6.20 Å². The number of likely N-dealkylation sites (tertiary alicyclic amines) is 1. The molecule has 1 fully saturated rings. The van der Waals surface area contributed by atoms with E-state index < -0.39 is 11.0 Å². The maximum absolute atomic E-state index is 11.3. The molecule has 3 rings (SSSR count). The van der Waals surface area contributed by atoms with Crippen molar-refractivity contribution in [1.29, 1.82) is 0 Å². The van der Waals surface area contributed by atoms with Crippen LogP contribution in [0.3, 0.4) is 0 Å². The first kappa shape index (κ1) is 19.9. The van der Waals surface area contributed by atoms with Crippen molar-refractivity contribution in [2.75, 3.05) is 23.7 Å². The molecule has 1 aliphatic heterocycles. The summed E-state index contributed by atoms with van der Waals surface area (Å²) >= 11 is 11.9. The maximum Gasteiger partial charge on any atom is 0.407 e. The van der Waals surface area contributed by atoms with Gasteiger partial charge in [0, 0.05) is 25.7 Å². The largest absolute Gasteiger partial charge is 0.465 e. The van der Waals surface area contributed by atoms with Gasteiger partial charge in [0.15, 0.2) is 0 Å². The molecule has 1 aliphatic rings. The van der Waals surface area contributed by atoms with Crippen LogP contribution in [-0.2, 0) is 6.54 Å². The van der Waals surface area contributed by atoms with Gasteiger partial charge < -0.3 is 20.6 Å². The van der Waals surface area contributed by atoms with Gasteiger partial charge in [0.2, 0.25) is 11.8 Å². The number of amides is 1. The van der Waals surface area contributed by atoms with Gasteiger partial charge in [-0.2, -0.15) is 4.98 Å². The van der Waals surface area contributed by atoms with Crippen molar-refractivity contribution in [3.05, 3.63) is 50.1 Å². The van der Waals surface area contributed by atoms with Crippen molar-refractivity contribution in [2.45, 2.75) is 19.0 Å². The molecule has 1 saturated heterocycles. The van der Waals surface area contributed by atoms with E-state index in [1.54, 1.807) is 18.2 Å². The number of hydrogen-bond donors (Lipinski definition) is 3. The third-order valence-electron chi connectivity index (χ3n) is 4.20. The highest BCUT2D eigenvalue weighted by Gasteiger charge is 2.28. The SMILES string of the molecule is O=C(O)N1CC[C@@H](Nc2nc(NCc3ccc(Cl)c(Cl)c3)ncc2[N+](=O)[O-])C1. The Morgan fingerprint density at radius 2 is 2.18 bits per heavy atom. The van der Waals surface area contributed by atoms with Gasteiger partial charge in [0.05, 0.1) is 15.0 Å². The Balaban J connectivity index is 1.73. The van der Waals surface area contributed by atoms with Crippen LogP contribution in [-0.4, -0.2) is 50.1 Å². The molecule has 1 aromatic heterocycles. The molecule has 10 nitrogen and oxygen atoms in total. The third kappa shape index (κ3) is 4.70. The number of nitro groups is 1. The van der Waals surface area contributed by atoms with Crippen molar-refractivity contribution >= 4 is 46.7 Å². The van der Waals surface area contributed by atoms with E-state index in [0.717, 1.165) is 11.8 Å². The zero-order valence-corrected chi connectivity index (χ0v) is 15.9. The Morgan fingerprint density at radius 1 is 1.39 bits per heavy atom. The van der Waals surface area contributed by atoms with Crippen molar-refractivity contribution in [3.63, 3.8) is 0 Å². The van der Waals surface area contributed by atoms with Crippen LogP contribution in [0, 0.1) is 10.1 Å². The summed E-state index contributed by atoms with van der Waals surface area (Å²) in [6, 6.07) is 4.87. The van der Waals surface area contributed by atoms with E-state index in [9.17, 15) is 14.9 Å². The first-order valence-corrected chi connectivity index (χ1v) is 9.02. The molecule has 28 heavy (non-hydrogen) atoms. The third-order valence-corrected chi connectivity index (χ3v) is 4.94. The Bertz CT molecular complexity index is 913. The topological polar surface area (TPSA) is 134 Å². The lowest BCUT2D eigenvalue weighted by atomic mass is 10.2. The van der Waals surface area contributed by atoms with Crippen molar-refractivity contribution in [1.82, 2.24) is 14.9 Å². The molecule has 2 aromatic rings. The molecule has 1 aromatic carbocycles. The van der Waals surface area contributed by atoms with Crippen LogP contribution in [0.2, 0.25) is 10.0 Å². The molecule has 148 valence electrons. The maximum atomic E-state index is 11.3. The summed E-state index contributed by atoms with van der Waals surface area (Å²) in [5.74, 6) is 0.223. The molecule has 0 saturated carbocycles. The summed E-state index contributed by atoms with van der Waals surface area (Å²) < 4.78 is 0. The first-order valence-electron chi connectivity index (χ1n) is 8.27. The lowest BCUT2D eigenvalue weighted by Crippen LogP contribution is -2.30. The predicted octanol–water partition coefficient (Wildman–Crippen LogP) is 3.47. The lowest BCUT2D eigenvalue weighted by Gasteiger charge is -2.15.